The third-order valence-electron chi connectivity index (χ3n) is 5.35. The molecule has 0 unspecified atom stereocenters. The van der Waals surface area contributed by atoms with Crippen molar-refractivity contribution in [3.8, 4) is 11.4 Å². The van der Waals surface area contributed by atoms with Crippen LogP contribution in [0.15, 0.2) is 60.9 Å². The normalized spacial score (nSPS) is 14.6. The number of piperazine rings is 1. The Bertz CT molecular complexity index is 1070. The maximum Gasteiger partial charge on any atom is 0.269 e. The monoisotopic (exact) mass is 425 g/mol. The molecule has 1 aliphatic rings. The predicted octanol–water partition coefficient (Wildman–Crippen LogP) is 3.70. The van der Waals surface area contributed by atoms with Gasteiger partial charge in [-0.1, -0.05) is 0 Å². The quantitative estimate of drug-likeness (QED) is 0.341. The molecule has 2 heterocycles. The second-order valence-electron chi connectivity index (χ2n) is 7.14. The van der Waals surface area contributed by atoms with Crippen molar-refractivity contribution in [3.63, 3.8) is 0 Å². The Morgan fingerprint density at radius 2 is 1.60 bits per heavy atom. The predicted molar refractivity (Wildman–Crippen MR) is 118 cm³/mol. The maximum atomic E-state index is 10.8. The first kappa shape index (κ1) is 20.1. The fourth-order valence-corrected chi connectivity index (χ4v) is 3.89. The summed E-state index contributed by atoms with van der Waals surface area (Å²) in [4.78, 5) is 15.1. The number of methoxy groups -OCH3 is 1. The summed E-state index contributed by atoms with van der Waals surface area (Å²) in [5.74, 6) is 0.815. The van der Waals surface area contributed by atoms with Crippen LogP contribution >= 0.6 is 12.2 Å². The van der Waals surface area contributed by atoms with Gasteiger partial charge in [-0.15, -0.1) is 0 Å². The number of aromatic nitrogens is 2. The van der Waals surface area contributed by atoms with Gasteiger partial charge in [-0.3, -0.25) is 19.6 Å². The number of anilines is 1. The van der Waals surface area contributed by atoms with Crippen LogP contribution in [0.4, 0.5) is 11.4 Å². The molecule has 1 aliphatic heterocycles. The Morgan fingerprint density at radius 3 is 2.20 bits per heavy atom. The third-order valence-corrected chi connectivity index (χ3v) is 5.78. The average molecular weight is 426 g/mol. The molecule has 3 aromatic rings. The topological polar surface area (TPSA) is 68.7 Å². The molecule has 8 nitrogen and oxygen atoms in total. The summed E-state index contributed by atoms with van der Waals surface area (Å²) in [5, 5.41) is 10.8. The molecule has 0 atom stereocenters. The zero-order valence-corrected chi connectivity index (χ0v) is 17.5. The van der Waals surface area contributed by atoms with Crippen molar-refractivity contribution in [2.24, 2.45) is 0 Å². The highest BCUT2D eigenvalue weighted by atomic mass is 32.1. The number of nitro benzene ring substituents is 1. The first-order valence-corrected chi connectivity index (χ1v) is 10.1. The van der Waals surface area contributed by atoms with Crippen LogP contribution in [0.2, 0.25) is 0 Å². The van der Waals surface area contributed by atoms with E-state index in [1.165, 1.54) is 0 Å². The fourth-order valence-electron chi connectivity index (χ4n) is 3.61. The van der Waals surface area contributed by atoms with E-state index < -0.39 is 0 Å². The number of hydrogen-bond donors (Lipinski definition) is 0. The number of ether oxygens (including phenoxy) is 1. The van der Waals surface area contributed by atoms with Gasteiger partial charge in [-0.25, -0.2) is 0 Å². The van der Waals surface area contributed by atoms with Gasteiger partial charge >= 0.3 is 0 Å². The van der Waals surface area contributed by atoms with Crippen molar-refractivity contribution in [2.45, 2.75) is 6.67 Å². The summed E-state index contributed by atoms with van der Waals surface area (Å²) in [6.07, 6.45) is 3.99. The van der Waals surface area contributed by atoms with Gasteiger partial charge in [0.15, 0.2) is 4.77 Å². The minimum absolute atomic E-state index is 0.119. The lowest BCUT2D eigenvalue weighted by Gasteiger charge is -2.36. The van der Waals surface area contributed by atoms with Gasteiger partial charge in [-0.2, -0.15) is 0 Å². The van der Waals surface area contributed by atoms with Crippen molar-refractivity contribution >= 4 is 23.6 Å². The Labute approximate surface area is 179 Å². The molecule has 1 fully saturated rings. The van der Waals surface area contributed by atoms with Crippen molar-refractivity contribution in [3.05, 3.63) is 75.8 Å². The number of benzene rings is 2. The van der Waals surface area contributed by atoms with Gasteiger partial charge in [0.2, 0.25) is 0 Å². The third kappa shape index (κ3) is 4.22. The van der Waals surface area contributed by atoms with Crippen LogP contribution in [0.1, 0.15) is 0 Å². The Morgan fingerprint density at radius 1 is 0.967 bits per heavy atom. The van der Waals surface area contributed by atoms with Gasteiger partial charge in [0.1, 0.15) is 5.75 Å². The summed E-state index contributed by atoms with van der Waals surface area (Å²) in [6.45, 7) is 4.25. The molecule has 0 saturated carbocycles. The molecule has 1 aromatic heterocycles. The summed E-state index contributed by atoms with van der Waals surface area (Å²) in [6, 6.07) is 14.6. The van der Waals surface area contributed by atoms with Crippen LogP contribution in [0.5, 0.6) is 5.75 Å². The number of imidazole rings is 1. The smallest absolute Gasteiger partial charge is 0.269 e. The van der Waals surface area contributed by atoms with Gasteiger partial charge in [0, 0.05) is 62.1 Å². The van der Waals surface area contributed by atoms with Crippen molar-refractivity contribution in [1.29, 1.82) is 0 Å². The van der Waals surface area contributed by atoms with Crippen LogP contribution < -0.4 is 9.64 Å². The molecule has 4 rings (SSSR count). The highest BCUT2D eigenvalue weighted by Gasteiger charge is 2.18. The number of rotatable bonds is 6. The molecule has 30 heavy (non-hydrogen) atoms. The molecule has 156 valence electrons. The highest BCUT2D eigenvalue weighted by Crippen LogP contribution is 2.21. The molecule has 0 radical (unpaired) electrons. The second kappa shape index (κ2) is 8.68. The van der Waals surface area contributed by atoms with Gasteiger partial charge in [0.25, 0.3) is 5.69 Å². The van der Waals surface area contributed by atoms with Crippen LogP contribution in [-0.2, 0) is 6.67 Å². The molecule has 0 amide bonds. The summed E-state index contributed by atoms with van der Waals surface area (Å²) >= 11 is 5.67. The van der Waals surface area contributed by atoms with E-state index in [-0.39, 0.29) is 10.6 Å². The van der Waals surface area contributed by atoms with E-state index >= 15 is 0 Å². The number of nitrogens with zero attached hydrogens (tertiary/aromatic N) is 5. The van der Waals surface area contributed by atoms with E-state index in [0.29, 0.717) is 0 Å². The van der Waals surface area contributed by atoms with Crippen LogP contribution in [0.25, 0.3) is 5.69 Å². The second-order valence-corrected chi connectivity index (χ2v) is 7.50. The molecular formula is C21H23N5O3S. The molecule has 1 saturated heterocycles. The van der Waals surface area contributed by atoms with Crippen LogP contribution in [0, 0.1) is 14.9 Å². The van der Waals surface area contributed by atoms with Crippen LogP contribution in [0.3, 0.4) is 0 Å². The fraction of sp³-hybridized carbons (Fsp3) is 0.286. The van der Waals surface area contributed by atoms with E-state index in [1.807, 2.05) is 53.4 Å². The Kier molecular flexibility index (Phi) is 5.82. The van der Waals surface area contributed by atoms with Crippen molar-refractivity contribution in [2.75, 3.05) is 38.2 Å². The van der Waals surface area contributed by atoms with Crippen molar-refractivity contribution in [1.82, 2.24) is 14.0 Å². The minimum atomic E-state index is -0.372. The van der Waals surface area contributed by atoms with Gasteiger partial charge in [-0.05, 0) is 48.6 Å². The first-order chi connectivity index (χ1) is 14.5. The van der Waals surface area contributed by atoms with E-state index in [4.69, 9.17) is 17.0 Å². The lowest BCUT2D eigenvalue weighted by Crippen LogP contribution is -2.46. The molecule has 0 N–H and O–H groups in total. The lowest BCUT2D eigenvalue weighted by atomic mass is 10.2. The molecule has 0 bridgehead atoms. The Hall–Kier alpha value is -3.17. The Balaban J connectivity index is 1.37. The molecule has 0 aliphatic carbocycles. The number of nitro groups is 1. The number of hydrogen-bond acceptors (Lipinski definition) is 6. The first-order valence-electron chi connectivity index (χ1n) is 9.69. The van der Waals surface area contributed by atoms with E-state index in [9.17, 15) is 10.1 Å². The van der Waals surface area contributed by atoms with Gasteiger partial charge < -0.3 is 14.2 Å². The summed E-state index contributed by atoms with van der Waals surface area (Å²) in [7, 11) is 1.65. The highest BCUT2D eigenvalue weighted by molar-refractivity contribution is 7.71. The molecule has 2 aromatic carbocycles. The zero-order valence-electron chi connectivity index (χ0n) is 16.7. The van der Waals surface area contributed by atoms with E-state index in [1.54, 1.807) is 19.2 Å². The lowest BCUT2D eigenvalue weighted by molar-refractivity contribution is -0.384. The van der Waals surface area contributed by atoms with E-state index in [2.05, 4.69) is 14.4 Å². The van der Waals surface area contributed by atoms with Crippen LogP contribution in [-0.4, -0.2) is 52.2 Å². The van der Waals surface area contributed by atoms with Gasteiger partial charge in [0.05, 0.1) is 18.7 Å². The summed E-state index contributed by atoms with van der Waals surface area (Å²) < 4.78 is 10.0. The van der Waals surface area contributed by atoms with E-state index in [0.717, 1.165) is 54.7 Å². The number of non-ortho nitro benzene ring substituents is 1. The average Bonchev–Trinajstić information content (AvgIpc) is 3.14. The summed E-state index contributed by atoms with van der Waals surface area (Å²) in [5.41, 5.74) is 2.14. The minimum Gasteiger partial charge on any atom is -0.497 e. The molecular weight excluding hydrogens is 402 g/mol. The molecule has 9 heteroatoms. The molecule has 0 spiro atoms. The van der Waals surface area contributed by atoms with Crippen molar-refractivity contribution < 1.29 is 9.66 Å². The largest absolute Gasteiger partial charge is 0.497 e. The maximum absolute atomic E-state index is 10.8. The standard InChI is InChI=1S/C21H23N5O3S/c1-29-20-8-6-18(7-9-20)25-15-14-24(21(25)30)16-22-10-12-23(13-11-22)17-2-4-19(5-3-17)26(27)28/h2-9,14-15H,10-13,16H2,1H3. The zero-order chi connectivity index (χ0) is 21.1. The SMILES string of the molecule is COc1ccc(-n2ccn(CN3CCN(c4ccc([N+](=O)[O-])cc4)CC3)c2=S)cc1.